The van der Waals surface area contributed by atoms with Crippen LogP contribution in [0.2, 0.25) is 0 Å². The van der Waals surface area contributed by atoms with Crippen LogP contribution in [-0.2, 0) is 0 Å². The summed E-state index contributed by atoms with van der Waals surface area (Å²) < 4.78 is 0. The predicted molar refractivity (Wildman–Crippen MR) is 61.5 cm³/mol. The van der Waals surface area contributed by atoms with Gasteiger partial charge in [0.05, 0.1) is 0 Å². The Balaban J connectivity index is 2.28. The normalized spacial score (nSPS) is 12.7. The molecule has 3 N–H and O–H groups in total. The van der Waals surface area contributed by atoms with Crippen molar-refractivity contribution in [2.45, 2.75) is 12.8 Å². The molecule has 2 aromatic rings. The van der Waals surface area contributed by atoms with Crippen LogP contribution in [-0.4, -0.2) is 16.5 Å². The minimum atomic E-state index is 0.329. The molecule has 1 unspecified atom stereocenters. The molecule has 0 saturated carbocycles. The van der Waals surface area contributed by atoms with E-state index in [2.05, 4.69) is 16.9 Å². The Morgan fingerprint density at radius 2 is 2.07 bits per heavy atom. The van der Waals surface area contributed by atoms with E-state index in [4.69, 9.17) is 5.73 Å². The Kier molecular flexibility index (Phi) is 2.83. The van der Waals surface area contributed by atoms with E-state index in [9.17, 15) is 0 Å². The molecule has 15 heavy (non-hydrogen) atoms. The number of nitrogens with two attached hydrogens (primary N) is 1. The second-order valence-electron chi connectivity index (χ2n) is 3.69. The fourth-order valence-corrected chi connectivity index (χ4v) is 1.46. The lowest BCUT2D eigenvalue weighted by atomic mass is 10.1. The van der Waals surface area contributed by atoms with E-state index in [1.807, 2.05) is 36.5 Å². The third-order valence-electron chi connectivity index (χ3n) is 2.53. The monoisotopic (exact) mass is 201 g/mol. The first-order valence-electron chi connectivity index (χ1n) is 5.11. The van der Waals surface area contributed by atoms with Crippen molar-refractivity contribution in [2.24, 2.45) is 5.73 Å². The molecule has 1 atom stereocenters. The average Bonchev–Trinajstić information content (AvgIpc) is 2.78. The molecule has 0 aliphatic heterocycles. The Morgan fingerprint density at radius 1 is 1.33 bits per heavy atom. The maximum absolute atomic E-state index is 5.60. The molecule has 3 heteroatoms. The van der Waals surface area contributed by atoms with Crippen molar-refractivity contribution in [3.05, 3.63) is 42.2 Å². The van der Waals surface area contributed by atoms with Gasteiger partial charge >= 0.3 is 0 Å². The van der Waals surface area contributed by atoms with E-state index in [0.29, 0.717) is 12.5 Å². The maximum atomic E-state index is 5.60. The highest BCUT2D eigenvalue weighted by atomic mass is 14.9. The summed E-state index contributed by atoms with van der Waals surface area (Å²) in [5, 5.41) is 0. The van der Waals surface area contributed by atoms with Crippen LogP contribution in [0.15, 0.2) is 36.5 Å². The third-order valence-corrected chi connectivity index (χ3v) is 2.53. The number of H-pyrrole nitrogens is 1. The van der Waals surface area contributed by atoms with Crippen LogP contribution in [0, 0.1) is 0 Å². The Labute approximate surface area is 89.4 Å². The minimum Gasteiger partial charge on any atom is -0.342 e. The number of imidazole rings is 1. The van der Waals surface area contributed by atoms with Gasteiger partial charge in [0.1, 0.15) is 5.82 Å². The highest BCUT2D eigenvalue weighted by Gasteiger charge is 2.07. The van der Waals surface area contributed by atoms with Gasteiger partial charge in [0.2, 0.25) is 0 Å². The van der Waals surface area contributed by atoms with Gasteiger partial charge < -0.3 is 10.7 Å². The lowest BCUT2D eigenvalue weighted by Crippen LogP contribution is -2.08. The van der Waals surface area contributed by atoms with E-state index in [-0.39, 0.29) is 0 Å². The van der Waals surface area contributed by atoms with Gasteiger partial charge in [-0.1, -0.05) is 37.3 Å². The molecule has 0 aliphatic carbocycles. The van der Waals surface area contributed by atoms with Crippen LogP contribution in [0.4, 0.5) is 0 Å². The number of aromatic nitrogens is 2. The summed E-state index contributed by atoms with van der Waals surface area (Å²) in [6.07, 6.45) is 1.86. The van der Waals surface area contributed by atoms with E-state index in [1.165, 1.54) is 0 Å². The minimum absolute atomic E-state index is 0.329. The van der Waals surface area contributed by atoms with Crippen molar-refractivity contribution < 1.29 is 0 Å². The summed E-state index contributed by atoms with van der Waals surface area (Å²) >= 11 is 0. The topological polar surface area (TPSA) is 54.7 Å². The van der Waals surface area contributed by atoms with Crippen molar-refractivity contribution in [1.29, 1.82) is 0 Å². The van der Waals surface area contributed by atoms with Crippen molar-refractivity contribution in [1.82, 2.24) is 9.97 Å². The zero-order chi connectivity index (χ0) is 10.7. The van der Waals surface area contributed by atoms with Crippen molar-refractivity contribution in [3.63, 3.8) is 0 Å². The molecule has 0 aliphatic rings. The van der Waals surface area contributed by atoms with E-state index in [1.54, 1.807) is 0 Å². The van der Waals surface area contributed by atoms with Gasteiger partial charge in [0.25, 0.3) is 0 Å². The zero-order valence-electron chi connectivity index (χ0n) is 8.77. The molecule has 1 aromatic heterocycles. The maximum Gasteiger partial charge on any atom is 0.137 e. The molecular formula is C12H15N3. The fourth-order valence-electron chi connectivity index (χ4n) is 1.46. The number of benzene rings is 1. The number of hydrogen-bond donors (Lipinski definition) is 2. The van der Waals surface area contributed by atoms with Crippen molar-refractivity contribution in [3.8, 4) is 11.4 Å². The predicted octanol–water partition coefficient (Wildman–Crippen LogP) is 2.14. The van der Waals surface area contributed by atoms with Gasteiger partial charge in [-0.15, -0.1) is 0 Å². The molecule has 3 nitrogen and oxygen atoms in total. The number of aromatic amines is 1. The van der Waals surface area contributed by atoms with Crippen LogP contribution in [0.3, 0.4) is 0 Å². The molecule has 0 bridgehead atoms. The molecule has 0 saturated heterocycles. The molecule has 78 valence electrons. The van der Waals surface area contributed by atoms with Gasteiger partial charge in [-0.2, -0.15) is 0 Å². The summed E-state index contributed by atoms with van der Waals surface area (Å²) in [6.45, 7) is 2.72. The smallest absolute Gasteiger partial charge is 0.137 e. The molecule has 0 spiro atoms. The number of nitrogens with zero attached hydrogens (tertiary/aromatic N) is 1. The third kappa shape index (κ3) is 2.07. The number of rotatable bonds is 3. The molecule has 1 heterocycles. The standard InChI is InChI=1S/C12H15N3/c1-9(7-13)11-8-14-12(15-11)10-5-3-2-4-6-10/h2-6,8-9H,7,13H2,1H3,(H,14,15). The average molecular weight is 201 g/mol. The largest absolute Gasteiger partial charge is 0.342 e. The fraction of sp³-hybridized carbons (Fsp3) is 0.250. The summed E-state index contributed by atoms with van der Waals surface area (Å²) in [4.78, 5) is 7.63. The molecule has 0 fully saturated rings. The van der Waals surface area contributed by atoms with Crippen LogP contribution in [0.5, 0.6) is 0 Å². The quantitative estimate of drug-likeness (QED) is 0.799. The molecular weight excluding hydrogens is 186 g/mol. The molecule has 1 aromatic carbocycles. The summed E-state index contributed by atoms with van der Waals surface area (Å²) in [5.74, 6) is 1.24. The Hall–Kier alpha value is -1.61. The zero-order valence-corrected chi connectivity index (χ0v) is 8.77. The molecule has 0 amide bonds. The van der Waals surface area contributed by atoms with Gasteiger partial charge in [-0.05, 0) is 0 Å². The van der Waals surface area contributed by atoms with Crippen molar-refractivity contribution >= 4 is 0 Å². The van der Waals surface area contributed by atoms with Crippen LogP contribution in [0.1, 0.15) is 18.5 Å². The van der Waals surface area contributed by atoms with Gasteiger partial charge in [-0.25, -0.2) is 4.98 Å². The van der Waals surface area contributed by atoms with Gasteiger partial charge in [0.15, 0.2) is 0 Å². The van der Waals surface area contributed by atoms with Gasteiger partial charge in [-0.3, -0.25) is 0 Å². The summed E-state index contributed by atoms with van der Waals surface area (Å²) in [5.41, 5.74) is 7.80. The Bertz CT molecular complexity index is 419. The number of hydrogen-bond acceptors (Lipinski definition) is 2. The molecule has 2 rings (SSSR count). The summed E-state index contributed by atoms with van der Waals surface area (Å²) in [6, 6.07) is 10.1. The van der Waals surface area contributed by atoms with Crippen LogP contribution in [0.25, 0.3) is 11.4 Å². The highest BCUT2D eigenvalue weighted by molar-refractivity contribution is 5.54. The number of nitrogens with one attached hydrogen (secondary N) is 1. The first-order valence-corrected chi connectivity index (χ1v) is 5.11. The van der Waals surface area contributed by atoms with Crippen LogP contribution < -0.4 is 5.73 Å². The second kappa shape index (κ2) is 4.28. The highest BCUT2D eigenvalue weighted by Crippen LogP contribution is 2.18. The van der Waals surface area contributed by atoms with E-state index < -0.39 is 0 Å². The summed E-state index contributed by atoms with van der Waals surface area (Å²) in [7, 11) is 0. The van der Waals surface area contributed by atoms with E-state index in [0.717, 1.165) is 17.1 Å². The molecule has 0 radical (unpaired) electrons. The second-order valence-corrected chi connectivity index (χ2v) is 3.69. The SMILES string of the molecule is CC(CN)c1cnc(-c2ccccc2)[nH]1. The lowest BCUT2D eigenvalue weighted by molar-refractivity contribution is 0.751. The van der Waals surface area contributed by atoms with E-state index >= 15 is 0 Å². The lowest BCUT2D eigenvalue weighted by Gasteiger charge is -2.03. The van der Waals surface area contributed by atoms with Gasteiger partial charge in [0, 0.05) is 29.9 Å². The van der Waals surface area contributed by atoms with Crippen LogP contribution >= 0.6 is 0 Å². The van der Waals surface area contributed by atoms with Crippen molar-refractivity contribution in [2.75, 3.05) is 6.54 Å². The first-order chi connectivity index (χ1) is 7.31. The first kappa shape index (κ1) is 9.93. The Morgan fingerprint density at radius 3 is 2.73 bits per heavy atom.